The summed E-state index contributed by atoms with van der Waals surface area (Å²) in [4.78, 5) is 25.3. The van der Waals surface area contributed by atoms with Crippen molar-refractivity contribution in [2.45, 2.75) is 40.7 Å². The van der Waals surface area contributed by atoms with Crippen LogP contribution in [0.4, 0.5) is 0 Å². The van der Waals surface area contributed by atoms with E-state index in [0.717, 1.165) is 16.7 Å². The molecule has 5 heteroatoms. The van der Waals surface area contributed by atoms with Gasteiger partial charge >= 0.3 is 5.97 Å². The minimum absolute atomic E-state index is 0.0157. The molecule has 0 amide bonds. The summed E-state index contributed by atoms with van der Waals surface area (Å²) in [7, 11) is 0. The number of carbonyl (C=O) groups excluding carboxylic acids is 1. The smallest absolute Gasteiger partial charge is 0.347 e. The van der Waals surface area contributed by atoms with E-state index in [0.29, 0.717) is 22.3 Å². The lowest BCUT2D eigenvalue weighted by molar-refractivity contribution is -0.150. The first-order valence-corrected chi connectivity index (χ1v) is 9.30. The van der Waals surface area contributed by atoms with Crippen LogP contribution in [-0.2, 0) is 9.53 Å². The minimum Gasteiger partial charge on any atom is -0.471 e. The van der Waals surface area contributed by atoms with Crippen LogP contribution < -0.4 is 10.2 Å². The van der Waals surface area contributed by atoms with Crippen LogP contribution in [0, 0.1) is 20.8 Å². The molecular formula is C23H24O5. The van der Waals surface area contributed by atoms with Crippen LogP contribution >= 0.6 is 0 Å². The molecule has 5 nitrogen and oxygen atoms in total. The zero-order valence-electron chi connectivity index (χ0n) is 16.8. The van der Waals surface area contributed by atoms with Gasteiger partial charge in [-0.25, -0.2) is 4.79 Å². The molecule has 2 aromatic carbocycles. The van der Waals surface area contributed by atoms with Gasteiger partial charge in [-0.1, -0.05) is 35.9 Å². The van der Waals surface area contributed by atoms with Crippen LogP contribution in [0.5, 0.6) is 5.75 Å². The molecule has 0 radical (unpaired) electrons. The first-order chi connectivity index (χ1) is 13.3. The number of aryl methyl sites for hydroxylation is 3. The number of carbonyl (C=O) groups is 1. The van der Waals surface area contributed by atoms with Crippen LogP contribution in [0.15, 0.2) is 45.6 Å². The lowest BCUT2D eigenvalue weighted by Gasteiger charge is -2.16. The number of rotatable bonds is 5. The van der Waals surface area contributed by atoms with Gasteiger partial charge in [0.2, 0.25) is 11.2 Å². The Morgan fingerprint density at radius 2 is 1.75 bits per heavy atom. The SMILES string of the molecule is CCOC(=O)[C@@H](C)Oc1c(-c2ccc(C)cc2)oc2c(C)cc(C)cc2c1=O. The van der Waals surface area contributed by atoms with Gasteiger partial charge in [0.25, 0.3) is 0 Å². The zero-order chi connectivity index (χ0) is 20.4. The number of benzene rings is 2. The van der Waals surface area contributed by atoms with Gasteiger partial charge < -0.3 is 13.9 Å². The largest absolute Gasteiger partial charge is 0.471 e. The third-order valence-corrected chi connectivity index (χ3v) is 4.51. The lowest BCUT2D eigenvalue weighted by atomic mass is 10.0. The molecule has 3 aromatic rings. The molecule has 1 atom stereocenters. The maximum absolute atomic E-state index is 13.3. The van der Waals surface area contributed by atoms with Crippen molar-refractivity contribution in [1.82, 2.24) is 0 Å². The standard InChI is InChI=1S/C23H24O5/c1-6-26-23(25)16(5)27-22-19(24)18-12-14(3)11-15(4)20(18)28-21(22)17-9-7-13(2)8-10-17/h7-12,16H,6H2,1-5H3/t16-/m1/s1. The maximum Gasteiger partial charge on any atom is 0.347 e. The number of fused-ring (bicyclic) bond motifs is 1. The molecule has 0 aliphatic heterocycles. The summed E-state index contributed by atoms with van der Waals surface area (Å²) in [6, 6.07) is 11.3. The van der Waals surface area contributed by atoms with E-state index < -0.39 is 12.1 Å². The molecular weight excluding hydrogens is 356 g/mol. The van der Waals surface area contributed by atoms with E-state index in [9.17, 15) is 9.59 Å². The van der Waals surface area contributed by atoms with Gasteiger partial charge in [-0.05, 0) is 51.8 Å². The van der Waals surface area contributed by atoms with E-state index in [1.165, 1.54) is 0 Å². The summed E-state index contributed by atoms with van der Waals surface area (Å²) < 4.78 is 16.9. The minimum atomic E-state index is -0.935. The molecule has 3 rings (SSSR count). The Labute approximate surface area is 163 Å². The molecule has 0 N–H and O–H groups in total. The van der Waals surface area contributed by atoms with Crippen molar-refractivity contribution in [2.75, 3.05) is 6.61 Å². The molecule has 28 heavy (non-hydrogen) atoms. The molecule has 0 unspecified atom stereocenters. The number of esters is 1. The topological polar surface area (TPSA) is 65.7 Å². The van der Waals surface area contributed by atoms with Crippen molar-refractivity contribution in [3.05, 3.63) is 63.3 Å². The molecule has 0 saturated heterocycles. The van der Waals surface area contributed by atoms with Crippen molar-refractivity contribution >= 4 is 16.9 Å². The highest BCUT2D eigenvalue weighted by molar-refractivity contribution is 5.85. The molecule has 0 aliphatic rings. The van der Waals surface area contributed by atoms with E-state index in [-0.39, 0.29) is 17.8 Å². The molecule has 0 aliphatic carbocycles. The average Bonchev–Trinajstić information content (AvgIpc) is 2.65. The Morgan fingerprint density at radius 1 is 1.07 bits per heavy atom. The lowest BCUT2D eigenvalue weighted by Crippen LogP contribution is -2.28. The molecule has 0 fully saturated rings. The highest BCUT2D eigenvalue weighted by atomic mass is 16.6. The van der Waals surface area contributed by atoms with Gasteiger partial charge in [-0.2, -0.15) is 0 Å². The van der Waals surface area contributed by atoms with E-state index in [1.807, 2.05) is 51.1 Å². The normalized spacial score (nSPS) is 12.0. The Hall–Kier alpha value is -3.08. The quantitative estimate of drug-likeness (QED) is 0.600. The van der Waals surface area contributed by atoms with Crippen LogP contribution in [0.1, 0.15) is 30.5 Å². The van der Waals surface area contributed by atoms with E-state index in [4.69, 9.17) is 13.9 Å². The predicted molar refractivity (Wildman–Crippen MR) is 109 cm³/mol. The van der Waals surface area contributed by atoms with Crippen molar-refractivity contribution < 1.29 is 18.7 Å². The van der Waals surface area contributed by atoms with Crippen LogP contribution in [0.2, 0.25) is 0 Å². The summed E-state index contributed by atoms with van der Waals surface area (Å²) >= 11 is 0. The monoisotopic (exact) mass is 380 g/mol. The summed E-state index contributed by atoms with van der Waals surface area (Å²) in [5.74, 6) is -0.209. The molecule has 1 aromatic heterocycles. The fraction of sp³-hybridized carbons (Fsp3) is 0.304. The Morgan fingerprint density at radius 3 is 2.39 bits per heavy atom. The summed E-state index contributed by atoms with van der Waals surface area (Å²) in [6.45, 7) is 9.32. The number of hydrogen-bond donors (Lipinski definition) is 0. The predicted octanol–water partition coefficient (Wildman–Crippen LogP) is 4.72. The summed E-state index contributed by atoms with van der Waals surface area (Å²) in [6.07, 6.45) is -0.935. The van der Waals surface area contributed by atoms with Gasteiger partial charge in [0.1, 0.15) is 5.58 Å². The van der Waals surface area contributed by atoms with Gasteiger partial charge in [-0.15, -0.1) is 0 Å². The first kappa shape index (κ1) is 19.7. The Balaban J connectivity index is 2.24. The Kier molecular flexibility index (Phi) is 5.54. The summed E-state index contributed by atoms with van der Waals surface area (Å²) in [5.41, 5.74) is 3.81. The zero-order valence-corrected chi connectivity index (χ0v) is 16.8. The van der Waals surface area contributed by atoms with Gasteiger partial charge in [0.05, 0.1) is 12.0 Å². The van der Waals surface area contributed by atoms with Gasteiger partial charge in [0, 0.05) is 5.56 Å². The summed E-state index contributed by atoms with van der Waals surface area (Å²) in [5, 5.41) is 0.430. The fourth-order valence-corrected chi connectivity index (χ4v) is 3.12. The fourth-order valence-electron chi connectivity index (χ4n) is 3.12. The molecule has 0 bridgehead atoms. The molecule has 0 saturated carbocycles. The number of hydrogen-bond acceptors (Lipinski definition) is 5. The van der Waals surface area contributed by atoms with E-state index >= 15 is 0 Å². The molecule has 146 valence electrons. The second-order valence-corrected chi connectivity index (χ2v) is 6.93. The second kappa shape index (κ2) is 7.89. The van der Waals surface area contributed by atoms with Crippen LogP contribution in [0.3, 0.4) is 0 Å². The average molecular weight is 380 g/mol. The molecule has 0 spiro atoms. The third kappa shape index (κ3) is 3.79. The highest BCUT2D eigenvalue weighted by Gasteiger charge is 2.24. The van der Waals surface area contributed by atoms with Gasteiger partial charge in [-0.3, -0.25) is 4.79 Å². The van der Waals surface area contributed by atoms with Crippen LogP contribution in [0.25, 0.3) is 22.3 Å². The Bertz CT molecular complexity index is 1080. The van der Waals surface area contributed by atoms with Gasteiger partial charge in [0.15, 0.2) is 11.9 Å². The van der Waals surface area contributed by atoms with Crippen molar-refractivity contribution in [1.29, 1.82) is 0 Å². The van der Waals surface area contributed by atoms with Crippen LogP contribution in [-0.4, -0.2) is 18.7 Å². The van der Waals surface area contributed by atoms with Crippen molar-refractivity contribution in [2.24, 2.45) is 0 Å². The van der Waals surface area contributed by atoms with E-state index in [1.54, 1.807) is 19.9 Å². The first-order valence-electron chi connectivity index (χ1n) is 9.30. The van der Waals surface area contributed by atoms with Crippen molar-refractivity contribution in [3.8, 4) is 17.1 Å². The maximum atomic E-state index is 13.3. The second-order valence-electron chi connectivity index (χ2n) is 6.93. The molecule has 1 heterocycles. The number of ether oxygens (including phenoxy) is 2. The highest BCUT2D eigenvalue weighted by Crippen LogP contribution is 2.33. The van der Waals surface area contributed by atoms with Crippen molar-refractivity contribution in [3.63, 3.8) is 0 Å². The van der Waals surface area contributed by atoms with E-state index in [2.05, 4.69) is 0 Å². The third-order valence-electron chi connectivity index (χ3n) is 4.51.